The topological polar surface area (TPSA) is 18.5 Å². The Morgan fingerprint density at radius 3 is 2.35 bits per heavy atom. The van der Waals surface area contributed by atoms with E-state index >= 15 is 0 Å². The third kappa shape index (κ3) is 2.14. The quantitative estimate of drug-likeness (QED) is 0.734. The molecular formula is C14H22O2Si. The van der Waals surface area contributed by atoms with E-state index in [2.05, 4.69) is 52.8 Å². The predicted octanol–water partition coefficient (Wildman–Crippen LogP) is 4.17. The first-order valence-corrected chi connectivity index (χ1v) is 8.35. The van der Waals surface area contributed by atoms with Crippen LogP contribution in [-0.4, -0.2) is 8.56 Å². The average molecular weight is 250 g/mol. The monoisotopic (exact) mass is 250 g/mol. The van der Waals surface area contributed by atoms with Crippen molar-refractivity contribution in [1.82, 2.24) is 0 Å². The highest BCUT2D eigenvalue weighted by Gasteiger charge is 2.49. The van der Waals surface area contributed by atoms with Gasteiger partial charge in [-0.3, -0.25) is 0 Å². The zero-order valence-electron chi connectivity index (χ0n) is 11.4. The maximum Gasteiger partial charge on any atom is 0.404 e. The number of hydrogen-bond donors (Lipinski definition) is 0. The van der Waals surface area contributed by atoms with Crippen molar-refractivity contribution in [3.8, 4) is 5.75 Å². The van der Waals surface area contributed by atoms with Crippen molar-refractivity contribution in [1.29, 1.82) is 0 Å². The molecule has 0 radical (unpaired) electrons. The fraction of sp³-hybridized carbons (Fsp3) is 0.571. The van der Waals surface area contributed by atoms with Gasteiger partial charge in [0.05, 0.1) is 6.61 Å². The van der Waals surface area contributed by atoms with Gasteiger partial charge in [-0.1, -0.05) is 45.4 Å². The Morgan fingerprint density at radius 1 is 1.12 bits per heavy atom. The van der Waals surface area contributed by atoms with Crippen LogP contribution in [0.2, 0.25) is 11.1 Å². The molecule has 17 heavy (non-hydrogen) atoms. The molecule has 1 aromatic carbocycles. The minimum Gasteiger partial charge on any atom is -0.519 e. The molecule has 94 valence electrons. The van der Waals surface area contributed by atoms with E-state index in [0.717, 1.165) is 5.75 Å². The van der Waals surface area contributed by atoms with Gasteiger partial charge in [0.15, 0.2) is 0 Å². The second kappa shape index (κ2) is 4.46. The van der Waals surface area contributed by atoms with Crippen molar-refractivity contribution in [2.24, 2.45) is 0 Å². The number of aryl methyl sites for hydroxylation is 1. The normalized spacial score (nSPS) is 18.1. The Hall–Kier alpha value is -0.803. The lowest BCUT2D eigenvalue weighted by Gasteiger charge is -2.41. The third-order valence-electron chi connectivity index (χ3n) is 3.55. The molecule has 2 rings (SSSR count). The van der Waals surface area contributed by atoms with E-state index in [1.54, 1.807) is 0 Å². The van der Waals surface area contributed by atoms with Crippen LogP contribution in [0.15, 0.2) is 18.2 Å². The summed E-state index contributed by atoms with van der Waals surface area (Å²) in [6, 6.07) is 6.37. The molecule has 0 amide bonds. The lowest BCUT2D eigenvalue weighted by atomic mass is 10.1. The molecule has 0 aromatic heterocycles. The number of fused-ring (bicyclic) bond motifs is 1. The van der Waals surface area contributed by atoms with E-state index in [1.807, 2.05) is 0 Å². The average Bonchev–Trinajstić information content (AvgIpc) is 2.27. The van der Waals surface area contributed by atoms with E-state index in [-0.39, 0.29) is 0 Å². The van der Waals surface area contributed by atoms with E-state index < -0.39 is 8.56 Å². The Labute approximate surface area is 105 Å². The molecule has 0 aliphatic carbocycles. The molecule has 0 saturated heterocycles. The van der Waals surface area contributed by atoms with Crippen molar-refractivity contribution in [2.45, 2.75) is 52.3 Å². The molecule has 1 aromatic rings. The van der Waals surface area contributed by atoms with Gasteiger partial charge in [0.25, 0.3) is 0 Å². The highest BCUT2D eigenvalue weighted by atomic mass is 28.4. The Kier molecular flexibility index (Phi) is 3.32. The Bertz CT molecular complexity index is 405. The lowest BCUT2D eigenvalue weighted by Crippen LogP contribution is -2.53. The lowest BCUT2D eigenvalue weighted by molar-refractivity contribution is 0.184. The van der Waals surface area contributed by atoms with Crippen LogP contribution in [0, 0.1) is 6.92 Å². The SMILES string of the molecule is Cc1ccc2c(c1)CO[Si](C(C)C)(C(C)C)O2. The number of rotatable bonds is 2. The number of hydrogen-bond acceptors (Lipinski definition) is 2. The first kappa shape index (κ1) is 12.6. The zero-order chi connectivity index (χ0) is 12.6. The summed E-state index contributed by atoms with van der Waals surface area (Å²) in [5.74, 6) is 1.04. The molecule has 1 heterocycles. The Morgan fingerprint density at radius 2 is 1.76 bits per heavy atom. The molecule has 3 heteroatoms. The van der Waals surface area contributed by atoms with E-state index in [1.165, 1.54) is 11.1 Å². The van der Waals surface area contributed by atoms with Crippen LogP contribution >= 0.6 is 0 Å². The van der Waals surface area contributed by atoms with Crippen LogP contribution in [0.3, 0.4) is 0 Å². The van der Waals surface area contributed by atoms with E-state index in [4.69, 9.17) is 8.85 Å². The summed E-state index contributed by atoms with van der Waals surface area (Å²) in [6.07, 6.45) is 0. The van der Waals surface area contributed by atoms with Crippen molar-refractivity contribution >= 4 is 8.56 Å². The standard InChI is InChI=1S/C14H22O2Si/c1-10(2)17(11(3)4)15-9-13-8-12(5)6-7-14(13)16-17/h6-8,10-11H,9H2,1-5H3. The molecule has 0 saturated carbocycles. The van der Waals surface area contributed by atoms with Crippen LogP contribution < -0.4 is 4.43 Å². The van der Waals surface area contributed by atoms with Gasteiger partial charge >= 0.3 is 8.56 Å². The Balaban J connectivity index is 2.36. The first-order valence-electron chi connectivity index (χ1n) is 6.38. The van der Waals surface area contributed by atoms with Gasteiger partial charge in [0.1, 0.15) is 5.75 Å². The van der Waals surface area contributed by atoms with Crippen molar-refractivity contribution in [2.75, 3.05) is 0 Å². The van der Waals surface area contributed by atoms with Crippen LogP contribution in [-0.2, 0) is 11.0 Å². The van der Waals surface area contributed by atoms with Gasteiger partial charge in [-0.2, -0.15) is 0 Å². The van der Waals surface area contributed by atoms with E-state index in [0.29, 0.717) is 17.7 Å². The highest BCUT2D eigenvalue weighted by molar-refractivity contribution is 6.71. The van der Waals surface area contributed by atoms with Crippen molar-refractivity contribution in [3.63, 3.8) is 0 Å². The predicted molar refractivity (Wildman–Crippen MR) is 72.5 cm³/mol. The van der Waals surface area contributed by atoms with E-state index in [9.17, 15) is 0 Å². The smallest absolute Gasteiger partial charge is 0.404 e. The molecule has 2 nitrogen and oxygen atoms in total. The molecular weight excluding hydrogens is 228 g/mol. The van der Waals surface area contributed by atoms with Gasteiger partial charge in [-0.25, -0.2) is 0 Å². The second-order valence-electron chi connectivity index (χ2n) is 5.53. The zero-order valence-corrected chi connectivity index (χ0v) is 12.4. The summed E-state index contributed by atoms with van der Waals surface area (Å²) in [5.41, 5.74) is 3.39. The minimum atomic E-state index is -2.11. The molecule has 0 spiro atoms. The maximum absolute atomic E-state index is 6.31. The van der Waals surface area contributed by atoms with Crippen LogP contribution in [0.5, 0.6) is 5.75 Å². The molecule has 1 aliphatic heterocycles. The highest BCUT2D eigenvalue weighted by Crippen LogP contribution is 2.41. The van der Waals surface area contributed by atoms with Crippen molar-refractivity contribution in [3.05, 3.63) is 29.3 Å². The molecule has 0 N–H and O–H groups in total. The molecule has 0 fully saturated rings. The largest absolute Gasteiger partial charge is 0.519 e. The maximum atomic E-state index is 6.31. The molecule has 1 aliphatic rings. The van der Waals surface area contributed by atoms with Crippen molar-refractivity contribution < 1.29 is 8.85 Å². The van der Waals surface area contributed by atoms with Gasteiger partial charge in [-0.05, 0) is 13.0 Å². The van der Waals surface area contributed by atoms with Crippen LogP contribution in [0.25, 0.3) is 0 Å². The van der Waals surface area contributed by atoms with Gasteiger partial charge < -0.3 is 8.85 Å². The molecule has 0 bridgehead atoms. The van der Waals surface area contributed by atoms with Crippen LogP contribution in [0.4, 0.5) is 0 Å². The summed E-state index contributed by atoms with van der Waals surface area (Å²) in [5, 5.41) is 0. The minimum absolute atomic E-state index is 0.469. The summed E-state index contributed by atoms with van der Waals surface area (Å²) in [6.45, 7) is 11.7. The van der Waals surface area contributed by atoms with Crippen LogP contribution in [0.1, 0.15) is 38.8 Å². The third-order valence-corrected chi connectivity index (χ3v) is 7.90. The molecule has 0 unspecified atom stereocenters. The van der Waals surface area contributed by atoms with Gasteiger partial charge in [-0.15, -0.1) is 0 Å². The summed E-state index contributed by atoms with van der Waals surface area (Å²) < 4.78 is 12.5. The summed E-state index contributed by atoms with van der Waals surface area (Å²) in [7, 11) is -2.11. The number of benzene rings is 1. The summed E-state index contributed by atoms with van der Waals surface area (Å²) in [4.78, 5) is 0. The fourth-order valence-electron chi connectivity index (χ4n) is 2.55. The second-order valence-corrected chi connectivity index (χ2v) is 9.78. The fourth-order valence-corrected chi connectivity index (χ4v) is 6.00. The summed E-state index contributed by atoms with van der Waals surface area (Å²) >= 11 is 0. The molecule has 0 atom stereocenters. The first-order chi connectivity index (χ1) is 7.95. The van der Waals surface area contributed by atoms with Gasteiger partial charge in [0.2, 0.25) is 0 Å². The van der Waals surface area contributed by atoms with Gasteiger partial charge in [0, 0.05) is 16.6 Å².